The molecule has 0 radical (unpaired) electrons. The summed E-state index contributed by atoms with van der Waals surface area (Å²) in [4.78, 5) is 22.1. The SMILES string of the molecule is Cc1ccc(-c2noc(C3C[C@@H]3F)n2)cc1NC(=O)c1cnc2ccc(NS(=O)(=O)c3cccc4ccccc34)cn12. The van der Waals surface area contributed by atoms with Gasteiger partial charge in [-0.1, -0.05) is 53.7 Å². The third kappa shape index (κ3) is 4.65. The number of aromatic nitrogens is 4. The maximum Gasteiger partial charge on any atom is 0.274 e. The highest BCUT2D eigenvalue weighted by atomic mass is 32.2. The minimum atomic E-state index is -3.94. The van der Waals surface area contributed by atoms with Gasteiger partial charge in [0.1, 0.15) is 17.5 Å². The molecule has 1 unspecified atom stereocenters. The lowest BCUT2D eigenvalue weighted by Crippen LogP contribution is -2.16. The Morgan fingerprint density at radius 1 is 1.07 bits per heavy atom. The number of carbonyl (C=O) groups is 1. The van der Waals surface area contributed by atoms with E-state index in [2.05, 4.69) is 25.2 Å². The molecule has 1 aliphatic rings. The van der Waals surface area contributed by atoms with E-state index in [9.17, 15) is 17.6 Å². The Hall–Kier alpha value is -5.10. The number of imidazole rings is 1. The normalized spacial score (nSPS) is 16.5. The number of fused-ring (bicyclic) bond motifs is 2. The number of aryl methyl sites for hydroxylation is 1. The molecule has 0 saturated heterocycles. The average molecular weight is 583 g/mol. The molecule has 1 saturated carbocycles. The fourth-order valence-corrected chi connectivity index (χ4v) is 6.13. The molecule has 6 aromatic rings. The number of alkyl halides is 1. The number of nitrogens with zero attached hydrogens (tertiary/aromatic N) is 4. The summed E-state index contributed by atoms with van der Waals surface area (Å²) in [5, 5.41) is 8.26. The Balaban J connectivity index is 1.15. The number of carbonyl (C=O) groups excluding carboxylic acids is 1. The topological polar surface area (TPSA) is 131 Å². The van der Waals surface area contributed by atoms with E-state index in [0.717, 1.165) is 10.9 Å². The summed E-state index contributed by atoms with van der Waals surface area (Å²) in [5.74, 6) is -0.241. The Bertz CT molecular complexity index is 2120. The molecule has 0 aliphatic heterocycles. The van der Waals surface area contributed by atoms with E-state index in [0.29, 0.717) is 34.5 Å². The number of rotatable bonds is 7. The number of benzene rings is 3. The lowest BCUT2D eigenvalue weighted by Gasteiger charge is -2.12. The lowest BCUT2D eigenvalue weighted by atomic mass is 10.1. The van der Waals surface area contributed by atoms with Crippen molar-refractivity contribution in [1.82, 2.24) is 19.5 Å². The molecule has 1 amide bonds. The minimum absolute atomic E-state index is 0.148. The third-order valence-corrected chi connectivity index (χ3v) is 8.68. The lowest BCUT2D eigenvalue weighted by molar-refractivity contribution is 0.102. The molecule has 42 heavy (non-hydrogen) atoms. The average Bonchev–Trinajstić information content (AvgIpc) is 3.34. The van der Waals surface area contributed by atoms with Crippen LogP contribution in [0.4, 0.5) is 15.8 Å². The maximum atomic E-state index is 13.4. The van der Waals surface area contributed by atoms with Crippen LogP contribution in [-0.2, 0) is 10.0 Å². The van der Waals surface area contributed by atoms with Crippen LogP contribution in [0.3, 0.4) is 0 Å². The number of amides is 1. The van der Waals surface area contributed by atoms with Crippen LogP contribution >= 0.6 is 0 Å². The van der Waals surface area contributed by atoms with E-state index >= 15 is 0 Å². The zero-order chi connectivity index (χ0) is 29.0. The third-order valence-electron chi connectivity index (χ3n) is 7.25. The van der Waals surface area contributed by atoms with Gasteiger partial charge >= 0.3 is 0 Å². The van der Waals surface area contributed by atoms with Gasteiger partial charge in [-0.15, -0.1) is 0 Å². The second kappa shape index (κ2) is 9.77. The van der Waals surface area contributed by atoms with Gasteiger partial charge < -0.3 is 9.84 Å². The highest BCUT2D eigenvalue weighted by molar-refractivity contribution is 7.93. The second-order valence-electron chi connectivity index (χ2n) is 10.2. The quantitative estimate of drug-likeness (QED) is 0.246. The molecular formula is C30H23FN6O4S. The van der Waals surface area contributed by atoms with Crippen LogP contribution in [0, 0.1) is 6.92 Å². The molecule has 210 valence electrons. The number of pyridine rings is 1. The molecule has 7 rings (SSSR count). The van der Waals surface area contributed by atoms with Gasteiger partial charge in [0.05, 0.1) is 22.7 Å². The Kier molecular flexibility index (Phi) is 6.01. The van der Waals surface area contributed by atoms with E-state index in [1.165, 1.54) is 16.8 Å². The van der Waals surface area contributed by atoms with E-state index in [-0.39, 0.29) is 28.1 Å². The molecule has 2 atom stereocenters. The van der Waals surface area contributed by atoms with Gasteiger partial charge in [-0.2, -0.15) is 4.98 Å². The van der Waals surface area contributed by atoms with Crippen molar-refractivity contribution in [3.8, 4) is 11.4 Å². The summed E-state index contributed by atoms with van der Waals surface area (Å²) in [6.07, 6.45) is 2.36. The number of hydrogen-bond donors (Lipinski definition) is 2. The molecule has 2 N–H and O–H groups in total. The van der Waals surface area contributed by atoms with Gasteiger partial charge in [0.2, 0.25) is 11.7 Å². The summed E-state index contributed by atoms with van der Waals surface area (Å²) in [6.45, 7) is 1.84. The summed E-state index contributed by atoms with van der Waals surface area (Å²) >= 11 is 0. The smallest absolute Gasteiger partial charge is 0.274 e. The van der Waals surface area contributed by atoms with Crippen molar-refractivity contribution in [3.05, 3.63) is 102 Å². The van der Waals surface area contributed by atoms with E-state index in [4.69, 9.17) is 4.52 Å². The molecule has 0 bridgehead atoms. The molecule has 3 aromatic heterocycles. The van der Waals surface area contributed by atoms with Crippen molar-refractivity contribution in [3.63, 3.8) is 0 Å². The first-order valence-corrected chi connectivity index (χ1v) is 14.6. The van der Waals surface area contributed by atoms with Crippen LogP contribution in [0.25, 0.3) is 27.8 Å². The van der Waals surface area contributed by atoms with Gasteiger partial charge in [0, 0.05) is 22.8 Å². The van der Waals surface area contributed by atoms with Crippen molar-refractivity contribution in [1.29, 1.82) is 0 Å². The first kappa shape index (κ1) is 25.8. The van der Waals surface area contributed by atoms with E-state index in [1.807, 2.05) is 31.2 Å². The fourth-order valence-electron chi connectivity index (χ4n) is 4.85. The Morgan fingerprint density at radius 3 is 2.71 bits per heavy atom. The van der Waals surface area contributed by atoms with Crippen molar-refractivity contribution in [2.24, 2.45) is 0 Å². The number of halogens is 1. The minimum Gasteiger partial charge on any atom is -0.339 e. The molecule has 3 aromatic carbocycles. The molecule has 12 heteroatoms. The molecule has 10 nitrogen and oxygen atoms in total. The molecule has 0 spiro atoms. The first-order valence-electron chi connectivity index (χ1n) is 13.1. The van der Waals surface area contributed by atoms with Crippen LogP contribution in [0.5, 0.6) is 0 Å². The van der Waals surface area contributed by atoms with Crippen LogP contribution in [0.2, 0.25) is 0 Å². The van der Waals surface area contributed by atoms with Crippen LogP contribution in [-0.4, -0.2) is 40.0 Å². The van der Waals surface area contributed by atoms with Crippen molar-refractivity contribution >= 4 is 43.7 Å². The largest absolute Gasteiger partial charge is 0.339 e. The molecule has 1 fully saturated rings. The van der Waals surface area contributed by atoms with Crippen LogP contribution in [0.1, 0.15) is 34.3 Å². The van der Waals surface area contributed by atoms with E-state index in [1.54, 1.807) is 48.5 Å². The predicted octanol–water partition coefficient (Wildman–Crippen LogP) is 5.72. The highest BCUT2D eigenvalue weighted by Gasteiger charge is 2.43. The van der Waals surface area contributed by atoms with Crippen molar-refractivity contribution in [2.45, 2.75) is 30.3 Å². The second-order valence-corrected chi connectivity index (χ2v) is 11.8. The summed E-state index contributed by atoms with van der Waals surface area (Å²) in [5.41, 5.74) is 2.83. The van der Waals surface area contributed by atoms with E-state index < -0.39 is 22.1 Å². The molecule has 1 aliphatic carbocycles. The van der Waals surface area contributed by atoms with Gasteiger partial charge in [0.25, 0.3) is 15.9 Å². The molecular weight excluding hydrogens is 559 g/mol. The fraction of sp³-hybridized carbons (Fsp3) is 0.133. The van der Waals surface area contributed by atoms with Crippen molar-refractivity contribution in [2.75, 3.05) is 10.0 Å². The summed E-state index contributed by atoms with van der Waals surface area (Å²) in [7, 11) is -3.94. The zero-order valence-electron chi connectivity index (χ0n) is 22.2. The standard InChI is InChI=1S/C30H23FN6O4S/c1-17-9-10-19(28-34-30(41-35-28)22-14-23(22)31)13-24(17)33-29(38)25-15-32-27-12-11-20(16-37(25)27)36-42(39,40)26-8-4-6-18-5-2-3-7-21(18)26/h2-13,15-16,22-23,36H,14H2,1H3,(H,33,38)/t22?,23-/m0/s1. The first-order chi connectivity index (χ1) is 20.3. The zero-order valence-corrected chi connectivity index (χ0v) is 23.0. The summed E-state index contributed by atoms with van der Waals surface area (Å²) < 4.78 is 49.4. The van der Waals surface area contributed by atoms with Crippen LogP contribution < -0.4 is 10.0 Å². The van der Waals surface area contributed by atoms with Gasteiger partial charge in [0.15, 0.2) is 0 Å². The maximum absolute atomic E-state index is 13.4. The number of anilines is 2. The number of hydrogen-bond acceptors (Lipinski definition) is 7. The number of sulfonamides is 1. The highest BCUT2D eigenvalue weighted by Crippen LogP contribution is 2.43. The molecule has 3 heterocycles. The predicted molar refractivity (Wildman–Crippen MR) is 155 cm³/mol. The summed E-state index contributed by atoms with van der Waals surface area (Å²) in [6, 6.07) is 20.9. The Morgan fingerprint density at radius 2 is 1.88 bits per heavy atom. The van der Waals surface area contributed by atoms with Gasteiger partial charge in [-0.05, 0) is 48.6 Å². The van der Waals surface area contributed by atoms with Gasteiger partial charge in [-0.25, -0.2) is 17.8 Å². The van der Waals surface area contributed by atoms with Crippen molar-refractivity contribution < 1.29 is 22.1 Å². The Labute approximate surface area is 239 Å². The van der Waals surface area contributed by atoms with Gasteiger partial charge in [-0.3, -0.25) is 13.9 Å². The van der Waals surface area contributed by atoms with Crippen LogP contribution in [0.15, 0.2) is 94.6 Å². The monoisotopic (exact) mass is 582 g/mol. The number of nitrogens with one attached hydrogen (secondary N) is 2.